The summed E-state index contributed by atoms with van der Waals surface area (Å²) in [5.41, 5.74) is 6.17. The summed E-state index contributed by atoms with van der Waals surface area (Å²) in [4.78, 5) is 10.3. The number of aromatic carboxylic acids is 1. The lowest BCUT2D eigenvalue weighted by Gasteiger charge is -2.05. The van der Waals surface area contributed by atoms with Crippen molar-refractivity contribution in [2.75, 3.05) is 12.3 Å². The van der Waals surface area contributed by atoms with Gasteiger partial charge in [0, 0.05) is 11.7 Å². The summed E-state index contributed by atoms with van der Waals surface area (Å²) in [6.45, 7) is 7.79. The van der Waals surface area contributed by atoms with Crippen LogP contribution in [0.25, 0.3) is 0 Å². The SMILES string of the molecule is CCCCCNC(C)C.Nc1ccc(C(=O)O)cc1. The Morgan fingerprint density at radius 1 is 1.26 bits per heavy atom. The number of unbranched alkanes of at least 4 members (excludes halogenated alkanes) is 2. The molecule has 0 aliphatic heterocycles. The number of nitrogen functional groups attached to an aromatic ring is 1. The molecule has 0 heterocycles. The van der Waals surface area contributed by atoms with Gasteiger partial charge in [0.1, 0.15) is 0 Å². The summed E-state index contributed by atoms with van der Waals surface area (Å²) < 4.78 is 0. The van der Waals surface area contributed by atoms with Crippen LogP contribution in [0, 0.1) is 0 Å². The first kappa shape index (κ1) is 17.4. The maximum atomic E-state index is 10.3. The third kappa shape index (κ3) is 10.1. The van der Waals surface area contributed by atoms with Crippen molar-refractivity contribution in [2.24, 2.45) is 0 Å². The second-order valence-corrected chi connectivity index (χ2v) is 4.74. The molecule has 0 aliphatic carbocycles. The van der Waals surface area contributed by atoms with Crippen molar-refractivity contribution in [3.05, 3.63) is 29.8 Å². The van der Waals surface area contributed by atoms with Gasteiger partial charge in [0.25, 0.3) is 0 Å². The maximum absolute atomic E-state index is 10.3. The van der Waals surface area contributed by atoms with Crippen LogP contribution in [-0.2, 0) is 0 Å². The number of hydrogen-bond acceptors (Lipinski definition) is 3. The van der Waals surface area contributed by atoms with E-state index in [0.29, 0.717) is 11.7 Å². The van der Waals surface area contributed by atoms with Gasteiger partial charge in [0.15, 0.2) is 0 Å². The molecule has 0 radical (unpaired) electrons. The van der Waals surface area contributed by atoms with Crippen LogP contribution in [0.5, 0.6) is 0 Å². The molecule has 4 N–H and O–H groups in total. The summed E-state index contributed by atoms with van der Waals surface area (Å²) in [5.74, 6) is -0.931. The first-order valence-electron chi connectivity index (χ1n) is 6.79. The van der Waals surface area contributed by atoms with E-state index in [2.05, 4.69) is 26.1 Å². The molecule has 1 rings (SSSR count). The number of benzene rings is 1. The molecular formula is C15H26N2O2. The van der Waals surface area contributed by atoms with E-state index in [1.54, 1.807) is 12.1 Å². The standard InChI is InChI=1S/C8H19N.C7H7NO2/c1-4-5-6-7-9-8(2)3;8-6-3-1-5(2-4-6)7(9)10/h8-9H,4-7H2,1-3H3;1-4H,8H2,(H,9,10). The van der Waals surface area contributed by atoms with Crippen LogP contribution in [-0.4, -0.2) is 23.7 Å². The van der Waals surface area contributed by atoms with Gasteiger partial charge in [0.2, 0.25) is 0 Å². The zero-order chi connectivity index (χ0) is 14.7. The van der Waals surface area contributed by atoms with Crippen molar-refractivity contribution >= 4 is 11.7 Å². The summed E-state index contributed by atoms with van der Waals surface area (Å²) in [5, 5.41) is 11.8. The van der Waals surface area contributed by atoms with Crippen molar-refractivity contribution in [2.45, 2.75) is 46.1 Å². The van der Waals surface area contributed by atoms with Crippen molar-refractivity contribution < 1.29 is 9.90 Å². The fourth-order valence-electron chi connectivity index (χ4n) is 1.39. The topological polar surface area (TPSA) is 75.3 Å². The molecule has 1 aromatic carbocycles. The fourth-order valence-corrected chi connectivity index (χ4v) is 1.39. The molecule has 4 heteroatoms. The largest absolute Gasteiger partial charge is 0.478 e. The fraction of sp³-hybridized carbons (Fsp3) is 0.533. The third-order valence-electron chi connectivity index (χ3n) is 2.49. The first-order valence-corrected chi connectivity index (χ1v) is 6.79. The summed E-state index contributed by atoms with van der Waals surface area (Å²) >= 11 is 0. The van der Waals surface area contributed by atoms with Crippen LogP contribution in [0.15, 0.2) is 24.3 Å². The van der Waals surface area contributed by atoms with Crippen LogP contribution in [0.4, 0.5) is 5.69 Å². The van der Waals surface area contributed by atoms with E-state index < -0.39 is 5.97 Å². The molecule has 1 aromatic rings. The Labute approximate surface area is 116 Å². The Balaban J connectivity index is 0.000000344. The molecule has 0 atom stereocenters. The summed E-state index contributed by atoms with van der Waals surface area (Å²) in [6.07, 6.45) is 4.01. The van der Waals surface area contributed by atoms with Crippen molar-refractivity contribution in [3.63, 3.8) is 0 Å². The first-order chi connectivity index (χ1) is 8.97. The van der Waals surface area contributed by atoms with Crippen LogP contribution < -0.4 is 11.1 Å². The number of nitrogens with one attached hydrogen (secondary N) is 1. The number of carbonyl (C=O) groups is 1. The third-order valence-corrected chi connectivity index (χ3v) is 2.49. The highest BCUT2D eigenvalue weighted by Gasteiger charge is 1.98. The average Bonchev–Trinajstić information content (AvgIpc) is 2.36. The van der Waals surface area contributed by atoms with Gasteiger partial charge < -0.3 is 16.2 Å². The van der Waals surface area contributed by atoms with Gasteiger partial charge in [-0.1, -0.05) is 33.6 Å². The molecule has 0 spiro atoms. The van der Waals surface area contributed by atoms with Gasteiger partial charge in [-0.3, -0.25) is 0 Å². The molecular weight excluding hydrogens is 240 g/mol. The van der Waals surface area contributed by atoms with Gasteiger partial charge in [-0.15, -0.1) is 0 Å². The maximum Gasteiger partial charge on any atom is 0.335 e. The second kappa shape index (κ2) is 10.4. The molecule has 0 saturated carbocycles. The summed E-state index contributed by atoms with van der Waals surface area (Å²) in [7, 11) is 0. The monoisotopic (exact) mass is 266 g/mol. The highest BCUT2D eigenvalue weighted by molar-refractivity contribution is 5.87. The second-order valence-electron chi connectivity index (χ2n) is 4.74. The summed E-state index contributed by atoms with van der Waals surface area (Å²) in [6, 6.07) is 6.71. The van der Waals surface area contributed by atoms with E-state index in [9.17, 15) is 4.79 Å². The lowest BCUT2D eigenvalue weighted by Crippen LogP contribution is -2.23. The zero-order valence-electron chi connectivity index (χ0n) is 12.1. The minimum atomic E-state index is -0.931. The van der Waals surface area contributed by atoms with Crippen LogP contribution in [0.1, 0.15) is 50.4 Å². The van der Waals surface area contributed by atoms with E-state index >= 15 is 0 Å². The number of carboxylic acid groups (broad SMARTS) is 1. The number of hydrogen-bond donors (Lipinski definition) is 3. The smallest absolute Gasteiger partial charge is 0.335 e. The normalized spacial score (nSPS) is 9.89. The number of nitrogens with two attached hydrogens (primary N) is 1. The number of carboxylic acids is 1. The van der Waals surface area contributed by atoms with Gasteiger partial charge in [0.05, 0.1) is 5.56 Å². The van der Waals surface area contributed by atoms with E-state index in [-0.39, 0.29) is 5.56 Å². The molecule has 4 nitrogen and oxygen atoms in total. The van der Waals surface area contributed by atoms with Crippen molar-refractivity contribution in [1.29, 1.82) is 0 Å². The van der Waals surface area contributed by atoms with Crippen LogP contribution in [0.2, 0.25) is 0 Å². The van der Waals surface area contributed by atoms with E-state index in [4.69, 9.17) is 10.8 Å². The lowest BCUT2D eigenvalue weighted by atomic mass is 10.2. The molecule has 0 bridgehead atoms. The number of rotatable bonds is 6. The zero-order valence-corrected chi connectivity index (χ0v) is 12.1. The molecule has 0 amide bonds. The van der Waals surface area contributed by atoms with E-state index in [0.717, 1.165) is 0 Å². The highest BCUT2D eigenvalue weighted by Crippen LogP contribution is 2.04. The molecule has 108 valence electrons. The van der Waals surface area contributed by atoms with Gasteiger partial charge in [-0.2, -0.15) is 0 Å². The Morgan fingerprint density at radius 2 is 1.84 bits per heavy atom. The van der Waals surface area contributed by atoms with Crippen molar-refractivity contribution in [3.8, 4) is 0 Å². The molecule has 0 aliphatic rings. The predicted molar refractivity (Wildman–Crippen MR) is 80.5 cm³/mol. The Morgan fingerprint density at radius 3 is 2.26 bits per heavy atom. The van der Waals surface area contributed by atoms with Crippen molar-refractivity contribution in [1.82, 2.24) is 5.32 Å². The molecule has 0 unspecified atom stereocenters. The van der Waals surface area contributed by atoms with Gasteiger partial charge >= 0.3 is 5.97 Å². The highest BCUT2D eigenvalue weighted by atomic mass is 16.4. The number of anilines is 1. The van der Waals surface area contributed by atoms with Crippen LogP contribution in [0.3, 0.4) is 0 Å². The average molecular weight is 266 g/mol. The minimum absolute atomic E-state index is 0.259. The lowest BCUT2D eigenvalue weighted by molar-refractivity contribution is 0.0697. The Hall–Kier alpha value is -1.55. The van der Waals surface area contributed by atoms with E-state index in [1.165, 1.54) is 37.9 Å². The Bertz CT molecular complexity index is 348. The van der Waals surface area contributed by atoms with Crippen LogP contribution >= 0.6 is 0 Å². The Kier molecular flexibility index (Phi) is 9.53. The minimum Gasteiger partial charge on any atom is -0.478 e. The molecule has 0 fully saturated rings. The predicted octanol–water partition coefficient (Wildman–Crippen LogP) is 3.14. The molecule has 0 aromatic heterocycles. The molecule has 19 heavy (non-hydrogen) atoms. The molecule has 0 saturated heterocycles. The van der Waals surface area contributed by atoms with E-state index in [1.807, 2.05) is 0 Å². The van der Waals surface area contributed by atoms with Gasteiger partial charge in [-0.25, -0.2) is 4.79 Å². The van der Waals surface area contributed by atoms with Gasteiger partial charge in [-0.05, 0) is 37.2 Å². The quantitative estimate of drug-likeness (QED) is 0.546.